The van der Waals surface area contributed by atoms with E-state index in [1.165, 1.54) is 24.3 Å². The zero-order valence-corrected chi connectivity index (χ0v) is 35.8. The smallest absolute Gasteiger partial charge is 0.245 e. The largest absolute Gasteiger partial charge is 0.376 e. The first-order chi connectivity index (χ1) is 28.7. The van der Waals surface area contributed by atoms with Crippen LogP contribution in [0, 0.1) is 22.5 Å². The molecule has 2 saturated carbocycles. The summed E-state index contributed by atoms with van der Waals surface area (Å²) in [6, 6.07) is 7.30. The maximum absolute atomic E-state index is 15.0. The molecule has 0 radical (unpaired) electrons. The number of H-pyrrole nitrogens is 2. The Kier molecular flexibility index (Phi) is 11.6. The summed E-state index contributed by atoms with van der Waals surface area (Å²) in [7, 11) is 3.45. The van der Waals surface area contributed by atoms with Gasteiger partial charge in [0.25, 0.3) is 0 Å². The molecule has 2 aliphatic carbocycles. The number of likely N-dealkylation sites (tertiary alicyclic amines) is 2. The fourth-order valence-corrected chi connectivity index (χ4v) is 10.2. The minimum atomic E-state index is -0.912. The Bertz CT molecular complexity index is 2260. The molecule has 2 saturated heterocycles. The summed E-state index contributed by atoms with van der Waals surface area (Å²) < 4.78 is 29.9. The number of hydrogen-bond donors (Lipinski definition) is 7. The molecule has 14 heteroatoms. The van der Waals surface area contributed by atoms with Crippen molar-refractivity contribution in [2.75, 3.05) is 27.2 Å². The number of carbonyl (C=O) groups excluding carboxylic acids is 3. The van der Waals surface area contributed by atoms with Gasteiger partial charge in [-0.3, -0.25) is 19.3 Å². The molecule has 7 N–H and O–H groups in total. The van der Waals surface area contributed by atoms with Crippen molar-refractivity contribution in [2.45, 2.75) is 134 Å². The normalized spacial score (nSPS) is 23.0. The van der Waals surface area contributed by atoms with E-state index < -0.39 is 30.4 Å². The van der Waals surface area contributed by atoms with Gasteiger partial charge in [-0.15, -0.1) is 0 Å². The maximum atomic E-state index is 15.0. The second kappa shape index (κ2) is 16.5. The molecular weight excluding hydrogens is 767 g/mol. The first-order valence-corrected chi connectivity index (χ1v) is 22.0. The summed E-state index contributed by atoms with van der Waals surface area (Å²) in [4.78, 5) is 51.6. The fraction of sp³-hybridized carbons (Fsp3) is 0.587. The highest BCUT2D eigenvalue weighted by Gasteiger charge is 2.55. The van der Waals surface area contributed by atoms with Gasteiger partial charge in [-0.25, -0.2) is 8.78 Å². The highest BCUT2D eigenvalue weighted by Crippen LogP contribution is 2.57. The van der Waals surface area contributed by atoms with Crippen LogP contribution in [-0.4, -0.2) is 112 Å². The van der Waals surface area contributed by atoms with E-state index in [9.17, 15) is 28.3 Å². The van der Waals surface area contributed by atoms with Crippen LogP contribution < -0.4 is 21.3 Å². The highest BCUT2D eigenvalue weighted by molar-refractivity contribution is 5.96. The zero-order valence-electron chi connectivity index (χ0n) is 35.8. The summed E-state index contributed by atoms with van der Waals surface area (Å²) >= 11 is 0. The van der Waals surface area contributed by atoms with Crippen LogP contribution >= 0.6 is 0 Å². The molecule has 0 bridgehead atoms. The van der Waals surface area contributed by atoms with E-state index >= 15 is 0 Å². The third kappa shape index (κ3) is 8.08. The van der Waals surface area contributed by atoms with Crippen molar-refractivity contribution in [1.82, 2.24) is 41.0 Å². The SMILES string of the molecule is CC[C@H](NC(=O)[C@H](C)NC)C(=O)N1CC2(CC2)C[C@H]1Cc1c(-c2[nH]c3cc(F)ccc3c2C[C@@H]2CC3(CC3)CN2C(O)[C@H](CC)NC(=O)[C@H](C)NC)[nH]c2cc(F)ccc12. The van der Waals surface area contributed by atoms with Crippen molar-refractivity contribution in [2.24, 2.45) is 10.8 Å². The molecule has 7 atom stereocenters. The van der Waals surface area contributed by atoms with Crippen molar-refractivity contribution >= 4 is 39.5 Å². The van der Waals surface area contributed by atoms with Gasteiger partial charge in [0.15, 0.2) is 0 Å². The first kappa shape index (κ1) is 42.3. The van der Waals surface area contributed by atoms with Crippen molar-refractivity contribution in [3.05, 3.63) is 59.2 Å². The van der Waals surface area contributed by atoms with Gasteiger partial charge in [-0.2, -0.15) is 0 Å². The van der Waals surface area contributed by atoms with Crippen molar-refractivity contribution < 1.29 is 28.3 Å². The number of aromatic amines is 2. The number of halogens is 2. The van der Waals surface area contributed by atoms with Gasteiger partial charge in [0.1, 0.15) is 23.9 Å². The number of fused-ring (bicyclic) bond motifs is 2. The number of amides is 3. The highest BCUT2D eigenvalue weighted by atomic mass is 19.1. The van der Waals surface area contributed by atoms with Gasteiger partial charge in [0.2, 0.25) is 17.7 Å². The Morgan fingerprint density at radius 2 is 1.27 bits per heavy atom. The van der Waals surface area contributed by atoms with Crippen molar-refractivity contribution in [3.63, 3.8) is 0 Å². The van der Waals surface area contributed by atoms with Crippen molar-refractivity contribution in [1.29, 1.82) is 0 Å². The van der Waals surface area contributed by atoms with E-state index in [4.69, 9.17) is 0 Å². The fourth-order valence-electron chi connectivity index (χ4n) is 10.2. The lowest BCUT2D eigenvalue weighted by Crippen LogP contribution is -2.56. The molecule has 8 rings (SSSR count). The van der Waals surface area contributed by atoms with E-state index in [0.29, 0.717) is 43.3 Å². The lowest BCUT2D eigenvalue weighted by atomic mass is 9.92. The number of aliphatic hydroxyl groups is 1. The van der Waals surface area contributed by atoms with Crippen molar-refractivity contribution in [3.8, 4) is 11.4 Å². The minimum absolute atomic E-state index is 0.0511. The number of nitrogens with zero attached hydrogens (tertiary/aromatic N) is 2. The molecule has 1 unspecified atom stereocenters. The summed E-state index contributed by atoms with van der Waals surface area (Å²) in [6.45, 7) is 8.79. The second-order valence-electron chi connectivity index (χ2n) is 18.5. The molecule has 3 amide bonds. The van der Waals surface area contributed by atoms with Gasteiger partial charge < -0.3 is 41.2 Å². The van der Waals surface area contributed by atoms with E-state index in [0.717, 1.165) is 78.4 Å². The van der Waals surface area contributed by atoms with Crippen LogP contribution in [0.2, 0.25) is 0 Å². The maximum Gasteiger partial charge on any atom is 0.245 e. The Balaban J connectivity index is 1.17. The third-order valence-corrected chi connectivity index (χ3v) is 14.5. The molecule has 2 spiro atoms. The zero-order chi connectivity index (χ0) is 42.7. The standard InChI is InChI=1S/C46H62F2N8O4/c1-7-35(53-41(57)25(3)49-5)43(59)55-23-45(13-14-45)21-29(55)19-33-31-11-9-27(47)17-37(31)51-39(33)40-34(32-12-10-28(48)18-38(32)52-40)20-30-22-46(15-16-46)24-56(30)44(60)36(8-2)54-42(58)26(4)50-6/h9-12,17-18,25-26,29-30,35-36,43,49-52,59H,7-8,13-16,19-24H2,1-6H3,(H,53,57)(H,54,58)/t25-,26-,29+,30+,35-,36-,43?/m0/s1. The molecular formula is C46H62F2N8O4. The molecule has 324 valence electrons. The summed E-state index contributed by atoms with van der Waals surface area (Å²) in [5, 5.41) is 25.7. The summed E-state index contributed by atoms with van der Waals surface area (Å²) in [5.74, 6) is -1.23. The monoisotopic (exact) mass is 828 g/mol. The molecule has 2 aliphatic heterocycles. The molecule has 4 heterocycles. The number of benzene rings is 2. The quantitative estimate of drug-likeness (QED) is 0.0815. The van der Waals surface area contributed by atoms with Crippen LogP contribution in [-0.2, 0) is 27.2 Å². The number of aromatic nitrogens is 2. The number of hydrogen-bond acceptors (Lipinski definition) is 7. The first-order valence-electron chi connectivity index (χ1n) is 22.0. The van der Waals surface area contributed by atoms with Crippen LogP contribution in [0.5, 0.6) is 0 Å². The van der Waals surface area contributed by atoms with Crippen LogP contribution in [0.15, 0.2) is 36.4 Å². The predicted molar refractivity (Wildman–Crippen MR) is 229 cm³/mol. The van der Waals surface area contributed by atoms with Gasteiger partial charge in [0, 0.05) is 47.0 Å². The molecule has 4 fully saturated rings. The average Bonchev–Trinajstić information content (AvgIpc) is 3.99. The number of carbonyl (C=O) groups is 3. The Morgan fingerprint density at radius 1 is 0.767 bits per heavy atom. The Labute approximate surface area is 351 Å². The van der Waals surface area contributed by atoms with Crippen LogP contribution in [0.3, 0.4) is 0 Å². The third-order valence-electron chi connectivity index (χ3n) is 14.5. The molecule has 4 aromatic rings. The summed E-state index contributed by atoms with van der Waals surface area (Å²) in [6.07, 6.45) is 7.07. The van der Waals surface area contributed by atoms with Crippen LogP contribution in [0.25, 0.3) is 33.2 Å². The Morgan fingerprint density at radius 3 is 1.77 bits per heavy atom. The van der Waals surface area contributed by atoms with E-state index in [-0.39, 0.29) is 52.3 Å². The van der Waals surface area contributed by atoms with Crippen LogP contribution in [0.4, 0.5) is 8.78 Å². The number of nitrogens with one attached hydrogen (secondary N) is 6. The average molecular weight is 829 g/mol. The second-order valence-corrected chi connectivity index (χ2v) is 18.5. The van der Waals surface area contributed by atoms with E-state index in [1.807, 2.05) is 18.7 Å². The molecule has 60 heavy (non-hydrogen) atoms. The number of likely N-dealkylation sites (N-methyl/N-ethyl adjacent to an activating group) is 2. The minimum Gasteiger partial charge on any atom is -0.376 e. The molecule has 4 aliphatic rings. The van der Waals surface area contributed by atoms with Gasteiger partial charge >= 0.3 is 0 Å². The molecule has 12 nitrogen and oxygen atoms in total. The Hall–Kier alpha value is -4.37. The molecule has 2 aromatic carbocycles. The van der Waals surface area contributed by atoms with E-state index in [2.05, 4.69) is 36.1 Å². The van der Waals surface area contributed by atoms with Gasteiger partial charge in [0.05, 0.1) is 29.5 Å². The summed E-state index contributed by atoms with van der Waals surface area (Å²) in [5.41, 5.74) is 4.85. The predicted octanol–water partition coefficient (Wildman–Crippen LogP) is 5.24. The van der Waals surface area contributed by atoms with Gasteiger partial charge in [-0.1, -0.05) is 13.8 Å². The molecule has 2 aromatic heterocycles. The number of rotatable bonds is 16. The lowest BCUT2D eigenvalue weighted by Gasteiger charge is -2.35. The van der Waals surface area contributed by atoms with Gasteiger partial charge in [-0.05, 0) is 151 Å². The lowest BCUT2D eigenvalue weighted by molar-refractivity contribution is -0.137. The van der Waals surface area contributed by atoms with Crippen LogP contribution in [0.1, 0.15) is 90.2 Å². The number of aliphatic hydroxyl groups excluding tert-OH is 1. The topological polar surface area (TPSA) is 158 Å². The van der Waals surface area contributed by atoms with E-state index in [1.54, 1.807) is 40.1 Å².